The summed E-state index contributed by atoms with van der Waals surface area (Å²) >= 11 is 0. The van der Waals surface area contributed by atoms with E-state index in [1.807, 2.05) is 48.5 Å². The second-order valence-electron chi connectivity index (χ2n) is 8.27. The number of nitrogens with one attached hydrogen (secondary N) is 2. The van der Waals surface area contributed by atoms with E-state index in [-0.39, 0.29) is 19.1 Å². The van der Waals surface area contributed by atoms with E-state index in [4.69, 9.17) is 4.74 Å². The Morgan fingerprint density at radius 3 is 2.03 bits per heavy atom. The van der Waals surface area contributed by atoms with Crippen LogP contribution in [0.15, 0.2) is 48.5 Å². The molecule has 3 rings (SSSR count). The fourth-order valence-corrected chi connectivity index (χ4v) is 3.61. The topological polar surface area (TPSA) is 125 Å². The van der Waals surface area contributed by atoms with Gasteiger partial charge in [0.15, 0.2) is 0 Å². The van der Waals surface area contributed by atoms with E-state index in [2.05, 4.69) is 10.6 Å². The number of amides is 3. The van der Waals surface area contributed by atoms with Crippen LogP contribution in [-0.2, 0) is 19.1 Å². The van der Waals surface area contributed by atoms with E-state index >= 15 is 0 Å². The van der Waals surface area contributed by atoms with Crippen molar-refractivity contribution in [2.24, 2.45) is 0 Å². The van der Waals surface area contributed by atoms with E-state index < -0.39 is 36.0 Å². The molecule has 0 saturated carbocycles. The Kier molecular flexibility index (Phi) is 7.01. The molecule has 9 nitrogen and oxygen atoms in total. The molecule has 3 N–H and O–H groups in total. The highest BCUT2D eigenvalue weighted by molar-refractivity contribution is 5.90. The van der Waals surface area contributed by atoms with Gasteiger partial charge in [-0.3, -0.25) is 9.59 Å². The summed E-state index contributed by atoms with van der Waals surface area (Å²) in [5, 5.41) is 13.9. The molecule has 0 aliphatic heterocycles. The predicted octanol–water partition coefficient (Wildman–Crippen LogP) is 1.96. The van der Waals surface area contributed by atoms with Gasteiger partial charge in [-0.1, -0.05) is 48.5 Å². The zero-order valence-electron chi connectivity index (χ0n) is 18.8. The molecule has 1 aliphatic carbocycles. The lowest BCUT2D eigenvalue weighted by Crippen LogP contribution is -2.53. The third kappa shape index (κ3) is 5.14. The summed E-state index contributed by atoms with van der Waals surface area (Å²) in [6, 6.07) is 15.9. The number of carboxylic acids is 1. The van der Waals surface area contributed by atoms with E-state index in [1.165, 1.54) is 20.9 Å². The zero-order chi connectivity index (χ0) is 24.2. The molecule has 0 saturated heterocycles. The average Bonchev–Trinajstić information content (AvgIpc) is 3.12. The van der Waals surface area contributed by atoms with E-state index in [0.717, 1.165) is 27.2 Å². The number of fused-ring (bicyclic) bond motifs is 3. The Balaban J connectivity index is 1.46. The lowest BCUT2D eigenvalue weighted by Gasteiger charge is -2.31. The molecule has 0 atom stereocenters. The van der Waals surface area contributed by atoms with Crippen molar-refractivity contribution in [3.63, 3.8) is 0 Å². The number of hydrogen-bond acceptors (Lipinski definition) is 5. The van der Waals surface area contributed by atoms with Gasteiger partial charge >= 0.3 is 12.1 Å². The van der Waals surface area contributed by atoms with Gasteiger partial charge in [0.25, 0.3) is 0 Å². The Hall–Kier alpha value is -3.88. The molecular formula is C24H27N3O6. The van der Waals surface area contributed by atoms with Crippen LogP contribution in [0, 0.1) is 0 Å². The van der Waals surface area contributed by atoms with Gasteiger partial charge in [0, 0.05) is 13.0 Å². The van der Waals surface area contributed by atoms with Gasteiger partial charge in [-0.05, 0) is 36.1 Å². The number of carbonyl (C=O) groups is 4. The first-order valence-corrected chi connectivity index (χ1v) is 10.5. The van der Waals surface area contributed by atoms with Crippen molar-refractivity contribution in [1.82, 2.24) is 15.5 Å². The van der Waals surface area contributed by atoms with Gasteiger partial charge in [-0.15, -0.1) is 0 Å². The highest BCUT2D eigenvalue weighted by atomic mass is 16.5. The highest BCUT2D eigenvalue weighted by Gasteiger charge is 2.35. The molecule has 0 unspecified atom stereocenters. The number of benzene rings is 2. The van der Waals surface area contributed by atoms with Crippen molar-refractivity contribution >= 4 is 23.9 Å². The normalized spacial score (nSPS) is 12.3. The van der Waals surface area contributed by atoms with Gasteiger partial charge in [0.1, 0.15) is 18.7 Å². The highest BCUT2D eigenvalue weighted by Crippen LogP contribution is 2.44. The fraction of sp³-hybridized carbons (Fsp3) is 0.333. The Labute approximate surface area is 191 Å². The Morgan fingerprint density at radius 1 is 0.939 bits per heavy atom. The number of hydrogen-bond donors (Lipinski definition) is 3. The number of nitrogens with zero attached hydrogens (tertiary/aromatic N) is 1. The minimum atomic E-state index is -1.42. The minimum Gasteiger partial charge on any atom is -0.480 e. The van der Waals surface area contributed by atoms with Crippen LogP contribution in [0.5, 0.6) is 0 Å². The molecule has 33 heavy (non-hydrogen) atoms. The van der Waals surface area contributed by atoms with Crippen molar-refractivity contribution in [2.75, 3.05) is 26.7 Å². The molecule has 0 fully saturated rings. The van der Waals surface area contributed by atoms with Crippen molar-refractivity contribution in [3.8, 4) is 11.1 Å². The van der Waals surface area contributed by atoms with Crippen molar-refractivity contribution < 1.29 is 29.0 Å². The zero-order valence-corrected chi connectivity index (χ0v) is 18.8. The summed E-state index contributed by atoms with van der Waals surface area (Å²) in [6.07, 6.45) is -0.748. The Bertz CT molecular complexity index is 1040. The van der Waals surface area contributed by atoms with E-state index in [1.54, 1.807) is 0 Å². The summed E-state index contributed by atoms with van der Waals surface area (Å²) < 4.78 is 5.35. The van der Waals surface area contributed by atoms with E-state index in [9.17, 15) is 24.3 Å². The molecule has 0 spiro atoms. The average molecular weight is 453 g/mol. The maximum Gasteiger partial charge on any atom is 0.407 e. The SMILES string of the molecule is CN(C(=O)CNC(=O)CNC(=O)OCC1c2ccccc2-c2ccccc21)C(C)(C)C(=O)O. The van der Waals surface area contributed by atoms with Crippen LogP contribution >= 0.6 is 0 Å². The molecule has 2 aromatic rings. The number of alkyl carbamates (subject to hydrolysis) is 1. The lowest BCUT2D eigenvalue weighted by molar-refractivity contribution is -0.155. The molecule has 3 amide bonds. The van der Waals surface area contributed by atoms with Gasteiger partial charge in [-0.2, -0.15) is 0 Å². The molecule has 0 aromatic heterocycles. The summed E-state index contributed by atoms with van der Waals surface area (Å²) in [6.45, 7) is 2.12. The first-order valence-electron chi connectivity index (χ1n) is 10.5. The van der Waals surface area contributed by atoms with Gasteiger partial charge in [0.05, 0.1) is 6.54 Å². The van der Waals surface area contributed by atoms with Crippen molar-refractivity contribution in [2.45, 2.75) is 25.3 Å². The number of ether oxygens (including phenoxy) is 1. The molecular weight excluding hydrogens is 426 g/mol. The fourth-order valence-electron chi connectivity index (χ4n) is 3.61. The molecule has 0 radical (unpaired) electrons. The molecule has 174 valence electrons. The van der Waals surface area contributed by atoms with E-state index in [0.29, 0.717) is 0 Å². The summed E-state index contributed by atoms with van der Waals surface area (Å²) in [5.41, 5.74) is 2.97. The standard InChI is InChI=1S/C24H27N3O6/c1-24(2,22(30)31)27(3)21(29)13-25-20(28)12-26-23(32)33-14-19-17-10-6-4-8-15(17)16-9-5-7-11-18(16)19/h4-11,19H,12-14H2,1-3H3,(H,25,28)(H,26,32)(H,30,31). The predicted molar refractivity (Wildman–Crippen MR) is 121 cm³/mol. The molecule has 1 aliphatic rings. The third-order valence-corrected chi connectivity index (χ3v) is 5.91. The number of aliphatic carboxylic acids is 1. The number of carboxylic acid groups (broad SMARTS) is 1. The van der Waals surface area contributed by atoms with Crippen LogP contribution in [0.3, 0.4) is 0 Å². The smallest absolute Gasteiger partial charge is 0.407 e. The molecule has 0 heterocycles. The van der Waals surface area contributed by atoms with Crippen LogP contribution < -0.4 is 10.6 Å². The Morgan fingerprint density at radius 2 is 1.48 bits per heavy atom. The molecule has 0 bridgehead atoms. The van der Waals surface area contributed by atoms with Crippen LogP contribution in [0.1, 0.15) is 30.9 Å². The maximum atomic E-state index is 12.1. The minimum absolute atomic E-state index is 0.0947. The molecule has 2 aromatic carbocycles. The summed E-state index contributed by atoms with van der Waals surface area (Å²) in [5.74, 6) is -2.43. The van der Waals surface area contributed by atoms with Crippen molar-refractivity contribution in [3.05, 3.63) is 59.7 Å². The summed E-state index contributed by atoms with van der Waals surface area (Å²) in [4.78, 5) is 48.5. The van der Waals surface area contributed by atoms with Crippen molar-refractivity contribution in [1.29, 1.82) is 0 Å². The monoisotopic (exact) mass is 453 g/mol. The quantitative estimate of drug-likeness (QED) is 0.561. The van der Waals surface area contributed by atoms with Gasteiger partial charge < -0.3 is 25.4 Å². The number of likely N-dealkylation sites (N-methyl/N-ethyl adjacent to an activating group) is 1. The first-order chi connectivity index (χ1) is 15.6. The maximum absolute atomic E-state index is 12.1. The second-order valence-corrected chi connectivity index (χ2v) is 8.27. The van der Waals surface area contributed by atoms with Crippen LogP contribution in [0.2, 0.25) is 0 Å². The molecule has 9 heteroatoms. The second kappa shape index (κ2) is 9.72. The third-order valence-electron chi connectivity index (χ3n) is 5.91. The number of rotatable bonds is 8. The summed E-state index contributed by atoms with van der Waals surface area (Å²) in [7, 11) is 1.34. The van der Waals surface area contributed by atoms with Gasteiger partial charge in [0.2, 0.25) is 11.8 Å². The number of carbonyl (C=O) groups excluding carboxylic acids is 3. The van der Waals surface area contributed by atoms with Crippen LogP contribution in [0.25, 0.3) is 11.1 Å². The lowest BCUT2D eigenvalue weighted by atomic mass is 9.98. The first kappa shape index (κ1) is 23.8. The van der Waals surface area contributed by atoms with Crippen LogP contribution in [0.4, 0.5) is 4.79 Å². The van der Waals surface area contributed by atoms with Crippen LogP contribution in [-0.4, -0.2) is 66.2 Å². The largest absolute Gasteiger partial charge is 0.480 e. The van der Waals surface area contributed by atoms with Gasteiger partial charge in [-0.25, -0.2) is 9.59 Å².